The van der Waals surface area contributed by atoms with Crippen molar-refractivity contribution in [2.75, 3.05) is 6.54 Å². The molecule has 2 aromatic rings. The Hall–Kier alpha value is -2.63. The monoisotopic (exact) mass is 362 g/mol. The molecule has 2 heterocycles. The van der Waals surface area contributed by atoms with Crippen LogP contribution in [-0.2, 0) is 4.79 Å². The van der Waals surface area contributed by atoms with Crippen LogP contribution in [0.25, 0.3) is 11.1 Å². The molecule has 0 saturated carbocycles. The molecule has 1 aromatic carbocycles. The van der Waals surface area contributed by atoms with Crippen LogP contribution in [0.2, 0.25) is 0 Å². The fourth-order valence-corrected chi connectivity index (χ4v) is 4.19. The summed E-state index contributed by atoms with van der Waals surface area (Å²) in [5.41, 5.74) is 11.2. The molecule has 4 rings (SSSR count). The summed E-state index contributed by atoms with van der Waals surface area (Å²) < 4.78 is 0. The maximum Gasteiger partial charge on any atom is 0.288 e. The summed E-state index contributed by atoms with van der Waals surface area (Å²) in [7, 11) is 0. The maximum atomic E-state index is 12.9. The number of nitrogens with two attached hydrogens (primary N) is 1. The third-order valence-electron chi connectivity index (χ3n) is 4.92. The fourth-order valence-electron chi connectivity index (χ4n) is 3.41. The zero-order valence-electron chi connectivity index (χ0n) is 14.6. The standard InChI is InChI=1S/C21H18N2O2S/c1-11-9-16(24)17(14-5-3-13(4-6-14)12(2)10-22)18-15-7-8-26-20(15)21(25)23-19(11)18/h3-9,12H,10,22H2,1-2H3/t12-/m0/s1. The van der Waals surface area contributed by atoms with Gasteiger partial charge in [0, 0.05) is 16.7 Å². The van der Waals surface area contributed by atoms with Crippen LogP contribution >= 0.6 is 11.3 Å². The topological polar surface area (TPSA) is 72.5 Å². The summed E-state index contributed by atoms with van der Waals surface area (Å²) >= 11 is 1.36. The molecule has 1 aromatic heterocycles. The molecule has 2 N–H and O–H groups in total. The Morgan fingerprint density at radius 1 is 1.12 bits per heavy atom. The highest BCUT2D eigenvalue weighted by Crippen LogP contribution is 2.40. The van der Waals surface area contributed by atoms with E-state index in [4.69, 9.17) is 5.73 Å². The quantitative estimate of drug-likeness (QED) is 0.843. The lowest BCUT2D eigenvalue weighted by Gasteiger charge is -2.24. The Bertz CT molecular complexity index is 1020. The zero-order chi connectivity index (χ0) is 18.4. The van der Waals surface area contributed by atoms with Gasteiger partial charge in [-0.2, -0.15) is 0 Å². The predicted molar refractivity (Wildman–Crippen MR) is 106 cm³/mol. The number of hydrogen-bond acceptors (Lipinski definition) is 4. The molecule has 130 valence electrons. The van der Waals surface area contributed by atoms with E-state index in [1.54, 1.807) is 6.08 Å². The Morgan fingerprint density at radius 3 is 2.54 bits per heavy atom. The van der Waals surface area contributed by atoms with Gasteiger partial charge in [0.15, 0.2) is 5.78 Å². The van der Waals surface area contributed by atoms with E-state index in [-0.39, 0.29) is 17.6 Å². The van der Waals surface area contributed by atoms with Gasteiger partial charge in [0.1, 0.15) is 4.88 Å². The molecule has 4 nitrogen and oxygen atoms in total. The summed E-state index contributed by atoms with van der Waals surface area (Å²) in [5, 5.41) is 1.87. The molecule has 0 fully saturated rings. The summed E-state index contributed by atoms with van der Waals surface area (Å²) in [5.74, 6) is -0.0244. The first kappa shape index (κ1) is 16.8. The highest BCUT2D eigenvalue weighted by molar-refractivity contribution is 7.12. The van der Waals surface area contributed by atoms with Crippen LogP contribution in [0.1, 0.15) is 46.1 Å². The van der Waals surface area contributed by atoms with E-state index in [2.05, 4.69) is 11.9 Å². The molecule has 0 saturated heterocycles. The minimum atomic E-state index is -0.234. The van der Waals surface area contributed by atoms with Gasteiger partial charge in [-0.05, 0) is 53.6 Å². The van der Waals surface area contributed by atoms with Crippen molar-refractivity contribution in [2.45, 2.75) is 19.8 Å². The summed E-state index contributed by atoms with van der Waals surface area (Å²) in [6, 6.07) is 9.84. The minimum Gasteiger partial charge on any atom is -0.330 e. The van der Waals surface area contributed by atoms with Gasteiger partial charge >= 0.3 is 0 Å². The number of amides is 1. The Morgan fingerprint density at radius 2 is 1.85 bits per heavy atom. The van der Waals surface area contributed by atoms with Crippen molar-refractivity contribution < 1.29 is 9.59 Å². The SMILES string of the molecule is CC1=CC(=O)C(c2ccc([C@@H](C)CN)cc2)=C2C1=NC(=O)c1sccc12. The van der Waals surface area contributed by atoms with Crippen molar-refractivity contribution >= 4 is 39.9 Å². The van der Waals surface area contributed by atoms with Crippen LogP contribution in [-0.4, -0.2) is 23.9 Å². The largest absolute Gasteiger partial charge is 0.330 e. The lowest BCUT2D eigenvalue weighted by Crippen LogP contribution is -2.22. The molecular formula is C21H18N2O2S. The predicted octanol–water partition coefficient (Wildman–Crippen LogP) is 3.84. The highest BCUT2D eigenvalue weighted by Gasteiger charge is 2.33. The van der Waals surface area contributed by atoms with Crippen LogP contribution < -0.4 is 5.73 Å². The number of thiophene rings is 1. The number of carbonyl (C=O) groups excluding carboxylic acids is 2. The summed E-state index contributed by atoms with van der Waals surface area (Å²) in [6.07, 6.45) is 1.57. The van der Waals surface area contributed by atoms with Crippen LogP contribution in [0.3, 0.4) is 0 Å². The van der Waals surface area contributed by atoms with Crippen molar-refractivity contribution in [3.05, 3.63) is 68.9 Å². The third kappa shape index (κ3) is 2.52. The van der Waals surface area contributed by atoms with Crippen molar-refractivity contribution in [3.8, 4) is 0 Å². The van der Waals surface area contributed by atoms with E-state index in [0.29, 0.717) is 22.7 Å². The second kappa shape index (κ2) is 6.27. The molecule has 1 amide bonds. The second-order valence-electron chi connectivity index (χ2n) is 6.63. The molecule has 0 spiro atoms. The van der Waals surface area contributed by atoms with Gasteiger partial charge in [-0.1, -0.05) is 31.2 Å². The minimum absolute atomic E-state index is 0.0532. The van der Waals surface area contributed by atoms with Gasteiger partial charge in [-0.25, -0.2) is 4.99 Å². The lowest BCUT2D eigenvalue weighted by molar-refractivity contribution is -0.109. The number of ketones is 1. The van der Waals surface area contributed by atoms with Gasteiger partial charge in [0.05, 0.1) is 5.71 Å². The molecule has 1 aliphatic heterocycles. The van der Waals surface area contributed by atoms with Crippen LogP contribution in [0.15, 0.2) is 52.4 Å². The fraction of sp³-hybridized carbons (Fsp3) is 0.190. The van der Waals surface area contributed by atoms with E-state index in [1.807, 2.05) is 42.6 Å². The van der Waals surface area contributed by atoms with Gasteiger partial charge in [-0.3, -0.25) is 9.59 Å². The number of nitrogens with zero attached hydrogens (tertiary/aromatic N) is 1. The Labute approximate surface area is 155 Å². The molecule has 0 radical (unpaired) electrons. The summed E-state index contributed by atoms with van der Waals surface area (Å²) in [4.78, 5) is 30.0. The van der Waals surface area contributed by atoms with Gasteiger partial charge < -0.3 is 5.73 Å². The molecule has 5 heteroatoms. The Kier molecular flexibility index (Phi) is 4.05. The van der Waals surface area contributed by atoms with E-state index >= 15 is 0 Å². The second-order valence-corrected chi connectivity index (χ2v) is 7.55. The number of benzene rings is 1. The van der Waals surface area contributed by atoms with E-state index in [1.165, 1.54) is 11.3 Å². The van der Waals surface area contributed by atoms with Crippen LogP contribution in [0, 0.1) is 0 Å². The average molecular weight is 362 g/mol. The number of rotatable bonds is 3. The molecule has 0 bridgehead atoms. The average Bonchev–Trinajstić information content (AvgIpc) is 3.13. The third-order valence-corrected chi connectivity index (χ3v) is 5.82. The molecular weight excluding hydrogens is 344 g/mol. The lowest BCUT2D eigenvalue weighted by atomic mass is 9.81. The van der Waals surface area contributed by atoms with E-state index in [9.17, 15) is 9.59 Å². The zero-order valence-corrected chi connectivity index (χ0v) is 15.4. The molecule has 1 atom stereocenters. The number of aliphatic imine (C=N–C) groups is 1. The molecule has 26 heavy (non-hydrogen) atoms. The number of allylic oxidation sites excluding steroid dienone is 4. The Balaban J connectivity index is 1.93. The van der Waals surface area contributed by atoms with Crippen molar-refractivity contribution in [1.29, 1.82) is 0 Å². The number of hydrogen-bond donors (Lipinski definition) is 1. The molecule has 1 aliphatic carbocycles. The maximum absolute atomic E-state index is 12.9. The van der Waals surface area contributed by atoms with Crippen LogP contribution in [0.4, 0.5) is 0 Å². The van der Waals surface area contributed by atoms with E-state index in [0.717, 1.165) is 27.8 Å². The van der Waals surface area contributed by atoms with Crippen molar-refractivity contribution in [2.24, 2.45) is 10.7 Å². The van der Waals surface area contributed by atoms with Gasteiger partial charge in [-0.15, -0.1) is 11.3 Å². The number of carbonyl (C=O) groups is 2. The summed E-state index contributed by atoms with van der Waals surface area (Å²) in [6.45, 7) is 4.47. The van der Waals surface area contributed by atoms with Gasteiger partial charge in [0.2, 0.25) is 0 Å². The van der Waals surface area contributed by atoms with Gasteiger partial charge in [0.25, 0.3) is 5.91 Å². The molecule has 2 aliphatic rings. The highest BCUT2D eigenvalue weighted by atomic mass is 32.1. The smallest absolute Gasteiger partial charge is 0.288 e. The first-order chi connectivity index (χ1) is 12.5. The van der Waals surface area contributed by atoms with E-state index < -0.39 is 0 Å². The first-order valence-corrected chi connectivity index (χ1v) is 9.38. The molecule has 0 unspecified atom stereocenters. The van der Waals surface area contributed by atoms with Crippen molar-refractivity contribution in [3.63, 3.8) is 0 Å². The van der Waals surface area contributed by atoms with Crippen LogP contribution in [0.5, 0.6) is 0 Å². The normalized spacial score (nSPS) is 17.5. The first-order valence-electron chi connectivity index (χ1n) is 8.50. The van der Waals surface area contributed by atoms with Crippen molar-refractivity contribution in [1.82, 2.24) is 0 Å². The number of fused-ring (bicyclic) bond motifs is 3.